The monoisotopic (exact) mass is 271 g/mol. The van der Waals surface area contributed by atoms with Crippen LogP contribution in [0.1, 0.15) is 57.9 Å². The van der Waals surface area contributed by atoms with Crippen molar-refractivity contribution in [2.75, 3.05) is 0 Å². The van der Waals surface area contributed by atoms with Gasteiger partial charge in [0.2, 0.25) is 0 Å². The molecule has 0 aliphatic heterocycles. The second-order valence-electron chi connectivity index (χ2n) is 6.43. The molecule has 2 nitrogen and oxygen atoms in total. The predicted octanol–water partition coefficient (Wildman–Crippen LogP) is 4.67. The van der Waals surface area contributed by atoms with Gasteiger partial charge in [-0.25, -0.2) is 0 Å². The molecule has 108 valence electrons. The quantitative estimate of drug-likeness (QED) is 0.797. The SMILES string of the molecule is CCC(C)(C)OC1CC(c2ccccc2)CCC1C#N. The van der Waals surface area contributed by atoms with E-state index in [9.17, 15) is 5.26 Å². The van der Waals surface area contributed by atoms with Crippen molar-refractivity contribution in [2.45, 2.75) is 64.1 Å². The lowest BCUT2D eigenvalue weighted by molar-refractivity contribution is -0.102. The van der Waals surface area contributed by atoms with E-state index in [2.05, 4.69) is 57.2 Å². The van der Waals surface area contributed by atoms with Crippen molar-refractivity contribution in [2.24, 2.45) is 5.92 Å². The molecule has 0 N–H and O–H groups in total. The van der Waals surface area contributed by atoms with E-state index in [0.717, 1.165) is 25.7 Å². The lowest BCUT2D eigenvalue weighted by atomic mass is 9.77. The van der Waals surface area contributed by atoms with E-state index in [-0.39, 0.29) is 17.6 Å². The summed E-state index contributed by atoms with van der Waals surface area (Å²) < 4.78 is 6.26. The molecule has 0 radical (unpaired) electrons. The van der Waals surface area contributed by atoms with E-state index >= 15 is 0 Å². The second-order valence-corrected chi connectivity index (χ2v) is 6.43. The van der Waals surface area contributed by atoms with Crippen LogP contribution in [-0.2, 0) is 4.74 Å². The van der Waals surface area contributed by atoms with E-state index in [1.54, 1.807) is 0 Å². The van der Waals surface area contributed by atoms with E-state index < -0.39 is 0 Å². The zero-order valence-electron chi connectivity index (χ0n) is 12.8. The summed E-state index contributed by atoms with van der Waals surface area (Å²) in [6, 6.07) is 13.1. The normalized spacial score (nSPS) is 27.0. The van der Waals surface area contributed by atoms with E-state index in [1.807, 2.05) is 0 Å². The molecular formula is C18H25NO. The van der Waals surface area contributed by atoms with Crippen LogP contribution in [0.5, 0.6) is 0 Å². The largest absolute Gasteiger partial charge is 0.371 e. The molecule has 2 rings (SSSR count). The van der Waals surface area contributed by atoms with E-state index in [4.69, 9.17) is 4.74 Å². The van der Waals surface area contributed by atoms with E-state index in [0.29, 0.717) is 5.92 Å². The van der Waals surface area contributed by atoms with Crippen LogP contribution < -0.4 is 0 Å². The summed E-state index contributed by atoms with van der Waals surface area (Å²) in [6.07, 6.45) is 4.03. The first-order valence-electron chi connectivity index (χ1n) is 7.68. The minimum atomic E-state index is -0.141. The Balaban J connectivity index is 2.10. The van der Waals surface area contributed by atoms with Gasteiger partial charge in [-0.3, -0.25) is 0 Å². The van der Waals surface area contributed by atoms with Crippen LogP contribution >= 0.6 is 0 Å². The van der Waals surface area contributed by atoms with Gasteiger partial charge in [0.15, 0.2) is 0 Å². The van der Waals surface area contributed by atoms with Gasteiger partial charge in [0.25, 0.3) is 0 Å². The molecule has 0 saturated heterocycles. The van der Waals surface area contributed by atoms with Crippen molar-refractivity contribution in [3.63, 3.8) is 0 Å². The van der Waals surface area contributed by atoms with Crippen LogP contribution in [0.2, 0.25) is 0 Å². The average molecular weight is 271 g/mol. The Bertz CT molecular complexity index is 460. The Labute approximate surface area is 122 Å². The third-order valence-electron chi connectivity index (χ3n) is 4.55. The minimum Gasteiger partial charge on any atom is -0.371 e. The highest BCUT2D eigenvalue weighted by atomic mass is 16.5. The van der Waals surface area contributed by atoms with Gasteiger partial charge in [-0.1, -0.05) is 37.3 Å². The topological polar surface area (TPSA) is 33.0 Å². The number of ether oxygens (including phenoxy) is 1. The standard InChI is InChI=1S/C18H25NO/c1-4-18(2,3)20-17-12-15(10-11-16(17)13-19)14-8-6-5-7-9-14/h5-9,15-17H,4,10-12H2,1-3H3. The molecule has 3 atom stereocenters. The number of hydrogen-bond donors (Lipinski definition) is 0. The zero-order valence-corrected chi connectivity index (χ0v) is 12.8. The summed E-state index contributed by atoms with van der Waals surface area (Å²) in [4.78, 5) is 0. The van der Waals surface area contributed by atoms with Crippen molar-refractivity contribution in [1.82, 2.24) is 0 Å². The average Bonchev–Trinajstić information content (AvgIpc) is 2.48. The van der Waals surface area contributed by atoms with Gasteiger partial charge in [-0.2, -0.15) is 5.26 Å². The molecule has 0 bridgehead atoms. The van der Waals surface area contributed by atoms with Gasteiger partial charge in [-0.05, 0) is 51.0 Å². The summed E-state index contributed by atoms with van der Waals surface area (Å²) in [6.45, 7) is 6.38. The lowest BCUT2D eigenvalue weighted by Crippen LogP contribution is -2.37. The summed E-state index contributed by atoms with van der Waals surface area (Å²) in [5, 5.41) is 9.36. The Kier molecular flexibility index (Phi) is 4.83. The fourth-order valence-corrected chi connectivity index (χ4v) is 2.93. The molecule has 1 aliphatic carbocycles. The van der Waals surface area contributed by atoms with Crippen molar-refractivity contribution in [3.05, 3.63) is 35.9 Å². The molecular weight excluding hydrogens is 246 g/mol. The van der Waals surface area contributed by atoms with Crippen LogP contribution in [0.4, 0.5) is 0 Å². The maximum atomic E-state index is 9.36. The number of nitrogens with zero attached hydrogens (tertiary/aromatic N) is 1. The van der Waals surface area contributed by atoms with Gasteiger partial charge in [-0.15, -0.1) is 0 Å². The molecule has 1 saturated carbocycles. The Morgan fingerprint density at radius 3 is 2.55 bits per heavy atom. The lowest BCUT2D eigenvalue weighted by Gasteiger charge is -2.38. The number of rotatable bonds is 4. The first-order valence-corrected chi connectivity index (χ1v) is 7.68. The van der Waals surface area contributed by atoms with Crippen molar-refractivity contribution in [1.29, 1.82) is 5.26 Å². The number of benzene rings is 1. The Morgan fingerprint density at radius 1 is 1.25 bits per heavy atom. The maximum absolute atomic E-state index is 9.36. The molecule has 3 unspecified atom stereocenters. The van der Waals surface area contributed by atoms with Crippen LogP contribution in [0.3, 0.4) is 0 Å². The Morgan fingerprint density at radius 2 is 1.95 bits per heavy atom. The van der Waals surface area contributed by atoms with Crippen molar-refractivity contribution < 1.29 is 4.74 Å². The van der Waals surface area contributed by atoms with Gasteiger partial charge < -0.3 is 4.74 Å². The predicted molar refractivity (Wildman–Crippen MR) is 81.4 cm³/mol. The van der Waals surface area contributed by atoms with Crippen LogP contribution in [-0.4, -0.2) is 11.7 Å². The van der Waals surface area contributed by atoms with Crippen LogP contribution in [0, 0.1) is 17.2 Å². The molecule has 20 heavy (non-hydrogen) atoms. The third kappa shape index (κ3) is 3.61. The van der Waals surface area contributed by atoms with Crippen LogP contribution in [0.25, 0.3) is 0 Å². The fourth-order valence-electron chi connectivity index (χ4n) is 2.93. The van der Waals surface area contributed by atoms with Gasteiger partial charge in [0.05, 0.1) is 23.7 Å². The molecule has 1 aliphatic rings. The molecule has 0 aromatic heterocycles. The first-order chi connectivity index (χ1) is 9.55. The molecule has 1 aromatic carbocycles. The summed E-state index contributed by atoms with van der Waals surface area (Å²) in [5.74, 6) is 0.569. The highest BCUT2D eigenvalue weighted by molar-refractivity contribution is 5.21. The number of nitriles is 1. The molecule has 1 aromatic rings. The van der Waals surface area contributed by atoms with Crippen molar-refractivity contribution in [3.8, 4) is 6.07 Å². The third-order valence-corrected chi connectivity index (χ3v) is 4.55. The maximum Gasteiger partial charge on any atom is 0.0746 e. The molecule has 1 fully saturated rings. The van der Waals surface area contributed by atoms with Gasteiger partial charge in [0.1, 0.15) is 0 Å². The first kappa shape index (κ1) is 15.1. The van der Waals surface area contributed by atoms with E-state index in [1.165, 1.54) is 5.56 Å². The minimum absolute atomic E-state index is 0.0424. The summed E-state index contributed by atoms with van der Waals surface area (Å²) in [5.41, 5.74) is 1.24. The highest BCUT2D eigenvalue weighted by Crippen LogP contribution is 2.39. The van der Waals surface area contributed by atoms with Crippen LogP contribution in [0.15, 0.2) is 30.3 Å². The second kappa shape index (κ2) is 6.41. The highest BCUT2D eigenvalue weighted by Gasteiger charge is 2.35. The number of hydrogen-bond acceptors (Lipinski definition) is 2. The molecule has 0 spiro atoms. The molecule has 2 heteroatoms. The Hall–Kier alpha value is -1.33. The van der Waals surface area contributed by atoms with Crippen molar-refractivity contribution >= 4 is 0 Å². The smallest absolute Gasteiger partial charge is 0.0746 e. The van der Waals surface area contributed by atoms with Gasteiger partial charge in [0, 0.05) is 0 Å². The summed E-state index contributed by atoms with van der Waals surface area (Å²) >= 11 is 0. The zero-order chi connectivity index (χ0) is 14.6. The van der Waals surface area contributed by atoms with Gasteiger partial charge >= 0.3 is 0 Å². The molecule has 0 heterocycles. The fraction of sp³-hybridized carbons (Fsp3) is 0.611. The summed E-state index contributed by atoms with van der Waals surface area (Å²) in [7, 11) is 0. The molecule has 0 amide bonds.